The smallest absolute Gasteiger partial charge is 0.415 e. The minimum absolute atomic E-state index is 0.00211. The van der Waals surface area contributed by atoms with Crippen molar-refractivity contribution >= 4 is 74.6 Å². The van der Waals surface area contributed by atoms with E-state index in [4.69, 9.17) is 40.7 Å². The normalized spacial score (nSPS) is 17.6. The van der Waals surface area contributed by atoms with Gasteiger partial charge in [0.25, 0.3) is 5.69 Å². The molecule has 0 bridgehead atoms. The van der Waals surface area contributed by atoms with Gasteiger partial charge in [0.1, 0.15) is 39.6 Å². The van der Waals surface area contributed by atoms with Gasteiger partial charge in [0.2, 0.25) is 5.88 Å². The number of carbonyl (C=O) groups is 2. The molecule has 4 atom stereocenters. The first-order valence-electron chi connectivity index (χ1n) is 30.2. The van der Waals surface area contributed by atoms with Crippen molar-refractivity contribution in [1.29, 1.82) is 0 Å². The molecule has 9 aromatic rings. The van der Waals surface area contributed by atoms with E-state index in [-0.39, 0.29) is 45.4 Å². The first-order valence-corrected chi connectivity index (χ1v) is 32.8. The number of nitrogens with one attached hydrogen (secondary N) is 4. The number of amides is 1. The summed E-state index contributed by atoms with van der Waals surface area (Å²) in [5.74, 6) is 1.01. The van der Waals surface area contributed by atoms with E-state index < -0.39 is 40.7 Å². The molecule has 2 fully saturated rings. The maximum absolute atomic E-state index is 14.6. The van der Waals surface area contributed by atoms with E-state index >= 15 is 0 Å². The van der Waals surface area contributed by atoms with Gasteiger partial charge in [-0.2, -0.15) is 8.42 Å². The number of morpholine rings is 1. The Morgan fingerprint density at radius 3 is 1.73 bits per heavy atom. The van der Waals surface area contributed by atoms with Crippen LogP contribution in [0.25, 0.3) is 38.7 Å². The van der Waals surface area contributed by atoms with Crippen molar-refractivity contribution < 1.29 is 40.6 Å². The van der Waals surface area contributed by atoms with E-state index in [9.17, 15) is 18.0 Å². The average Bonchev–Trinajstić information content (AvgIpc) is 1.56. The van der Waals surface area contributed by atoms with Crippen molar-refractivity contribution in [2.45, 2.75) is 108 Å². The van der Waals surface area contributed by atoms with E-state index in [0.717, 1.165) is 69.5 Å². The SMILES string of the molecule is Cc1ccc(C)c(OS(=O)Nc2cccc(-c3cn4c(Cl)c(Cc5ccccc5)c(C)c4[nH]3)c2)c1.[C-]#[N+]c1c(C(=O)OC2C(C(C)(C)C)CC(C)CC2C(C)(C)C)c2[nH]c(-c3cccc(NS(=O)Oc4cc(C)ccc4C)c3)cn2c1OC(=O)N1CCOCC1. The molecule has 1 saturated carbocycles. The van der Waals surface area contributed by atoms with Crippen LogP contribution < -0.4 is 22.5 Å². The third-order valence-electron chi connectivity index (χ3n) is 17.0. The molecule has 1 saturated heterocycles. The van der Waals surface area contributed by atoms with E-state index in [0.29, 0.717) is 71.5 Å². The molecule has 90 heavy (non-hydrogen) atoms. The molecule has 4 aromatic heterocycles. The third kappa shape index (κ3) is 14.6. The summed E-state index contributed by atoms with van der Waals surface area (Å²) in [5.41, 5.74) is 12.4. The molecular formula is C70H79ClN8O9S2. The maximum atomic E-state index is 14.6. The van der Waals surface area contributed by atoms with Gasteiger partial charge < -0.3 is 37.4 Å². The number of ether oxygens (including phenoxy) is 3. The van der Waals surface area contributed by atoms with Crippen molar-refractivity contribution in [2.24, 2.45) is 28.6 Å². The second-order valence-corrected chi connectivity index (χ2v) is 27.9. The predicted molar refractivity (Wildman–Crippen MR) is 358 cm³/mol. The third-order valence-corrected chi connectivity index (χ3v) is 18.9. The Labute approximate surface area is 537 Å². The highest BCUT2D eigenvalue weighted by molar-refractivity contribution is 7.82. The van der Waals surface area contributed by atoms with E-state index in [2.05, 4.69) is 91.8 Å². The molecule has 0 spiro atoms. The Morgan fingerprint density at radius 1 is 0.700 bits per heavy atom. The highest BCUT2D eigenvalue weighted by atomic mass is 35.5. The van der Waals surface area contributed by atoms with Gasteiger partial charge in [-0.15, -0.1) is 0 Å². The molecule has 1 aliphatic heterocycles. The Balaban J connectivity index is 0.000000218. The van der Waals surface area contributed by atoms with Crippen molar-refractivity contribution in [3.05, 3.63) is 189 Å². The summed E-state index contributed by atoms with van der Waals surface area (Å²) >= 11 is 3.16. The molecule has 20 heteroatoms. The lowest BCUT2D eigenvalue weighted by molar-refractivity contribution is -0.0922. The molecule has 4 unspecified atom stereocenters. The Kier molecular flexibility index (Phi) is 19.4. The largest absolute Gasteiger partial charge is 0.459 e. The molecule has 5 heterocycles. The highest BCUT2D eigenvalue weighted by Gasteiger charge is 2.48. The number of benzene rings is 5. The van der Waals surface area contributed by atoms with E-state index in [1.54, 1.807) is 24.4 Å². The summed E-state index contributed by atoms with van der Waals surface area (Å²) in [6, 6.07) is 36.8. The Morgan fingerprint density at radius 2 is 1.22 bits per heavy atom. The summed E-state index contributed by atoms with van der Waals surface area (Å²) in [6.45, 7) is 34.9. The maximum Gasteiger partial charge on any atom is 0.415 e. The number of anilines is 2. The average molecular weight is 1280 g/mol. The highest BCUT2D eigenvalue weighted by Crippen LogP contribution is 2.51. The number of aryl methyl sites for hydroxylation is 5. The fourth-order valence-electron chi connectivity index (χ4n) is 12.0. The molecule has 472 valence electrons. The summed E-state index contributed by atoms with van der Waals surface area (Å²) in [7, 11) is 0. The standard InChI is InChI=1S/C42H53N5O7S.C28H26ClN3O2S/c1-25-14-15-27(3)33(22-25)54-55(50)45-29-13-11-12-28(23-29)32-24-47-37(44-32)34(35(43-10)38(47)53-40(49)46-16-18-51-19-17-46)39(48)52-36-30(41(4,5)6)20-26(2)21-31(36)42(7,8)9;1-18-12-13-19(2)26(14-18)34-35(33)31-23-11-7-10-22(16-23)25-17-32-27(29)24(20(3)28(32)30-25)15-21-8-5-4-6-9-21/h11-15,22-24,26,30-31,36,44-45H,16-21H2,1-9H3;4-14,16-17,30-31H,15H2,1-3H3. The lowest BCUT2D eigenvalue weighted by Crippen LogP contribution is -2.49. The fraction of sp³-hybridized carbons (Fsp3) is 0.357. The molecule has 1 aliphatic carbocycles. The molecule has 2 aliphatic rings. The van der Waals surface area contributed by atoms with Gasteiger partial charge in [-0.05, 0) is 140 Å². The Hall–Kier alpha value is -8.28. The summed E-state index contributed by atoms with van der Waals surface area (Å²) in [4.78, 5) is 40.2. The van der Waals surface area contributed by atoms with Crippen LogP contribution in [0.3, 0.4) is 0 Å². The molecule has 1 amide bonds. The van der Waals surface area contributed by atoms with Gasteiger partial charge in [0.15, 0.2) is 0 Å². The van der Waals surface area contributed by atoms with Crippen LogP contribution in [-0.4, -0.2) is 76.6 Å². The quantitative estimate of drug-likeness (QED) is 0.0572. The summed E-state index contributed by atoms with van der Waals surface area (Å²) in [6.07, 6.45) is 5.24. The predicted octanol–water partition coefficient (Wildman–Crippen LogP) is 16.5. The summed E-state index contributed by atoms with van der Waals surface area (Å²) < 4.78 is 64.3. The van der Waals surface area contributed by atoms with Gasteiger partial charge in [0, 0.05) is 54.9 Å². The van der Waals surface area contributed by atoms with Crippen molar-refractivity contribution in [3.8, 4) is 39.9 Å². The molecule has 0 radical (unpaired) electrons. The number of aromatic nitrogens is 4. The number of imidazole rings is 2. The second-order valence-electron chi connectivity index (χ2n) is 25.9. The second kappa shape index (κ2) is 27.0. The van der Waals surface area contributed by atoms with Crippen LogP contribution in [0.15, 0.2) is 128 Å². The zero-order chi connectivity index (χ0) is 64.3. The van der Waals surface area contributed by atoms with Crippen LogP contribution in [0.1, 0.15) is 111 Å². The fourth-order valence-corrected chi connectivity index (χ4v) is 13.8. The zero-order valence-corrected chi connectivity index (χ0v) is 55.4. The summed E-state index contributed by atoms with van der Waals surface area (Å²) in [5, 5.41) is 0.709. The van der Waals surface area contributed by atoms with Crippen LogP contribution in [0.4, 0.5) is 21.9 Å². The van der Waals surface area contributed by atoms with Crippen LogP contribution in [0.2, 0.25) is 5.15 Å². The lowest BCUT2D eigenvalue weighted by atomic mass is 9.59. The van der Waals surface area contributed by atoms with Crippen LogP contribution >= 0.6 is 11.6 Å². The van der Waals surface area contributed by atoms with Crippen molar-refractivity contribution in [1.82, 2.24) is 23.7 Å². The van der Waals surface area contributed by atoms with Crippen molar-refractivity contribution in [2.75, 3.05) is 35.7 Å². The number of halogens is 1. The van der Waals surface area contributed by atoms with Crippen molar-refractivity contribution in [3.63, 3.8) is 0 Å². The van der Waals surface area contributed by atoms with Crippen LogP contribution in [0.5, 0.6) is 17.4 Å². The molecular weight excluding hydrogens is 1200 g/mol. The number of H-pyrrole nitrogens is 2. The molecule has 4 N–H and O–H groups in total. The molecule has 5 aromatic carbocycles. The van der Waals surface area contributed by atoms with Crippen LogP contribution in [-0.2, 0) is 38.4 Å². The minimum Gasteiger partial charge on any atom is -0.459 e. The number of rotatable bonds is 15. The minimum atomic E-state index is -1.90. The van der Waals surface area contributed by atoms with E-state index in [1.165, 1.54) is 14.9 Å². The van der Waals surface area contributed by atoms with Gasteiger partial charge in [-0.25, -0.2) is 14.4 Å². The zero-order valence-electron chi connectivity index (χ0n) is 53.0. The first-order chi connectivity index (χ1) is 42.8. The number of carbonyl (C=O) groups excluding carboxylic acids is 2. The number of nitrogens with zero attached hydrogens (tertiary/aromatic N) is 4. The number of esters is 1. The topological polar surface area (TPSA) is 186 Å². The number of aromatic amines is 2. The van der Waals surface area contributed by atoms with Gasteiger partial charge in [-0.3, -0.25) is 18.2 Å². The van der Waals surface area contributed by atoms with Gasteiger partial charge in [0.05, 0.1) is 42.5 Å². The van der Waals surface area contributed by atoms with Gasteiger partial charge >= 0.3 is 34.6 Å². The molecule has 11 rings (SSSR count). The van der Waals surface area contributed by atoms with Crippen LogP contribution in [0, 0.1) is 69.8 Å². The number of fused-ring (bicyclic) bond motifs is 2. The van der Waals surface area contributed by atoms with Gasteiger partial charge in [-0.1, -0.05) is 139 Å². The molecule has 17 nitrogen and oxygen atoms in total. The monoisotopic (exact) mass is 1270 g/mol. The number of hydrogen-bond donors (Lipinski definition) is 4. The lowest BCUT2D eigenvalue weighted by Gasteiger charge is -2.50. The number of hydrogen-bond acceptors (Lipinski definition) is 9. The van der Waals surface area contributed by atoms with E-state index in [1.807, 2.05) is 123 Å². The first kappa shape index (κ1) is 64.7. The Bertz CT molecular complexity index is 4140.